The average molecular weight is 317 g/mol. The van der Waals surface area contributed by atoms with Gasteiger partial charge in [0.25, 0.3) is 0 Å². The number of pyridine rings is 1. The number of thiazole rings is 1. The van der Waals surface area contributed by atoms with Crippen molar-refractivity contribution in [3.05, 3.63) is 34.7 Å². The normalized spacial score (nSPS) is 15.4. The topological polar surface area (TPSA) is 37.8 Å². The summed E-state index contributed by atoms with van der Waals surface area (Å²) in [5, 5.41) is 2.97. The Morgan fingerprint density at radius 1 is 1.33 bits per heavy atom. The molecular formula is C13H11F4N3S. The third-order valence-corrected chi connectivity index (χ3v) is 4.12. The Morgan fingerprint density at radius 3 is 2.71 bits per heavy atom. The molecule has 1 N–H and O–H groups in total. The van der Waals surface area contributed by atoms with E-state index < -0.39 is 17.7 Å². The number of halogens is 4. The van der Waals surface area contributed by atoms with E-state index in [9.17, 15) is 17.6 Å². The van der Waals surface area contributed by atoms with Crippen LogP contribution in [0.2, 0.25) is 0 Å². The SMILES string of the molecule is Fc1cccnc1-c1nc(C(F)(F)F)c(CNC2CC2)s1. The van der Waals surface area contributed by atoms with Gasteiger partial charge in [-0.15, -0.1) is 11.3 Å². The minimum absolute atomic E-state index is 0.0481. The molecule has 3 nitrogen and oxygen atoms in total. The molecule has 0 amide bonds. The molecule has 0 saturated heterocycles. The predicted octanol–water partition coefficient (Wildman–Crippen LogP) is 3.62. The fraction of sp³-hybridized carbons (Fsp3) is 0.385. The van der Waals surface area contributed by atoms with Crippen LogP contribution in [0.15, 0.2) is 18.3 Å². The lowest BCUT2D eigenvalue weighted by atomic mass is 10.3. The molecule has 1 aliphatic carbocycles. The zero-order valence-corrected chi connectivity index (χ0v) is 11.6. The molecule has 2 aromatic rings. The van der Waals surface area contributed by atoms with Crippen LogP contribution in [0.5, 0.6) is 0 Å². The lowest BCUT2D eigenvalue weighted by molar-refractivity contribution is -0.141. The van der Waals surface area contributed by atoms with Gasteiger partial charge in [-0.05, 0) is 25.0 Å². The summed E-state index contributed by atoms with van der Waals surface area (Å²) in [6.45, 7) is 0.0889. The first kappa shape index (κ1) is 14.4. The summed E-state index contributed by atoms with van der Waals surface area (Å²) in [5.74, 6) is -0.679. The number of hydrogen-bond acceptors (Lipinski definition) is 4. The van der Waals surface area contributed by atoms with Gasteiger partial charge >= 0.3 is 6.18 Å². The Bertz CT molecular complexity index is 649. The molecule has 0 radical (unpaired) electrons. The fourth-order valence-electron chi connectivity index (χ4n) is 1.86. The summed E-state index contributed by atoms with van der Waals surface area (Å²) < 4.78 is 52.7. The summed E-state index contributed by atoms with van der Waals surface area (Å²) in [6, 6.07) is 2.81. The van der Waals surface area contributed by atoms with E-state index in [1.54, 1.807) is 0 Å². The lowest BCUT2D eigenvalue weighted by Crippen LogP contribution is -2.18. The Kier molecular flexibility index (Phi) is 3.66. The van der Waals surface area contributed by atoms with Crippen LogP contribution in [0.1, 0.15) is 23.4 Å². The van der Waals surface area contributed by atoms with Gasteiger partial charge in [0.2, 0.25) is 0 Å². The molecule has 0 aliphatic heterocycles. The second kappa shape index (κ2) is 5.34. The third kappa shape index (κ3) is 3.21. The van der Waals surface area contributed by atoms with Crippen molar-refractivity contribution in [3.63, 3.8) is 0 Å². The standard InChI is InChI=1S/C13H11F4N3S/c14-8-2-1-5-18-10(8)12-20-11(13(15,16)17)9(21-12)6-19-7-3-4-7/h1-2,5,7,19H,3-4,6H2. The highest BCUT2D eigenvalue weighted by molar-refractivity contribution is 7.15. The Morgan fingerprint density at radius 2 is 2.10 bits per heavy atom. The summed E-state index contributed by atoms with van der Waals surface area (Å²) in [5.41, 5.74) is -1.11. The van der Waals surface area contributed by atoms with Gasteiger partial charge in [-0.3, -0.25) is 4.98 Å². The molecule has 0 bridgehead atoms. The summed E-state index contributed by atoms with van der Waals surface area (Å²) in [7, 11) is 0. The van der Waals surface area contributed by atoms with E-state index in [4.69, 9.17) is 0 Å². The first-order valence-corrected chi connectivity index (χ1v) is 7.18. The molecule has 2 aromatic heterocycles. The Labute approximate surface area is 122 Å². The third-order valence-electron chi connectivity index (χ3n) is 3.06. The highest BCUT2D eigenvalue weighted by atomic mass is 32.1. The number of nitrogens with one attached hydrogen (secondary N) is 1. The maximum atomic E-state index is 13.6. The van der Waals surface area contributed by atoms with Gasteiger partial charge in [0.15, 0.2) is 11.5 Å². The lowest BCUT2D eigenvalue weighted by Gasteiger charge is -2.06. The van der Waals surface area contributed by atoms with Gasteiger partial charge in [0.05, 0.1) is 4.88 Å². The number of rotatable bonds is 4. The molecule has 0 atom stereocenters. The maximum absolute atomic E-state index is 13.6. The van der Waals surface area contributed by atoms with E-state index in [-0.39, 0.29) is 28.2 Å². The summed E-state index contributed by atoms with van der Waals surface area (Å²) in [4.78, 5) is 7.40. The van der Waals surface area contributed by atoms with E-state index in [1.165, 1.54) is 12.3 Å². The number of hydrogen-bond donors (Lipinski definition) is 1. The molecule has 1 aliphatic rings. The minimum atomic E-state index is -4.55. The van der Waals surface area contributed by atoms with Crippen molar-refractivity contribution >= 4 is 11.3 Å². The van der Waals surface area contributed by atoms with Gasteiger partial charge in [-0.1, -0.05) is 0 Å². The van der Waals surface area contributed by atoms with Crippen molar-refractivity contribution in [1.29, 1.82) is 0 Å². The Hall–Kier alpha value is -1.54. The van der Waals surface area contributed by atoms with Crippen LogP contribution in [0.3, 0.4) is 0 Å². The van der Waals surface area contributed by atoms with Crippen LogP contribution in [0, 0.1) is 5.82 Å². The molecule has 3 rings (SSSR count). The van der Waals surface area contributed by atoms with Crippen LogP contribution in [0.25, 0.3) is 10.7 Å². The largest absolute Gasteiger partial charge is 0.434 e. The zero-order chi connectivity index (χ0) is 15.0. The van der Waals surface area contributed by atoms with Crippen molar-refractivity contribution in [3.8, 4) is 10.7 Å². The fourth-order valence-corrected chi connectivity index (χ4v) is 2.89. The highest BCUT2D eigenvalue weighted by Gasteiger charge is 2.38. The van der Waals surface area contributed by atoms with E-state index in [2.05, 4.69) is 15.3 Å². The van der Waals surface area contributed by atoms with Crippen molar-refractivity contribution in [2.75, 3.05) is 0 Å². The Balaban J connectivity index is 1.96. The zero-order valence-electron chi connectivity index (χ0n) is 10.7. The molecule has 21 heavy (non-hydrogen) atoms. The molecule has 1 fully saturated rings. The van der Waals surface area contributed by atoms with Crippen molar-refractivity contribution < 1.29 is 17.6 Å². The molecule has 8 heteroatoms. The van der Waals surface area contributed by atoms with Crippen LogP contribution >= 0.6 is 11.3 Å². The highest BCUT2D eigenvalue weighted by Crippen LogP contribution is 2.38. The molecule has 2 heterocycles. The number of aromatic nitrogens is 2. The van der Waals surface area contributed by atoms with Crippen molar-refractivity contribution in [2.45, 2.75) is 31.6 Å². The van der Waals surface area contributed by atoms with Gasteiger partial charge < -0.3 is 5.32 Å². The molecular weight excluding hydrogens is 306 g/mol. The monoisotopic (exact) mass is 317 g/mol. The molecule has 112 valence electrons. The van der Waals surface area contributed by atoms with E-state index in [0.717, 1.165) is 30.2 Å². The smallest absolute Gasteiger partial charge is 0.309 e. The van der Waals surface area contributed by atoms with E-state index in [1.807, 2.05) is 0 Å². The second-order valence-corrected chi connectivity index (χ2v) is 5.86. The number of alkyl halides is 3. The second-order valence-electron chi connectivity index (χ2n) is 4.78. The van der Waals surface area contributed by atoms with Crippen LogP contribution < -0.4 is 5.32 Å². The first-order chi connectivity index (χ1) is 9.95. The van der Waals surface area contributed by atoms with E-state index in [0.29, 0.717) is 0 Å². The van der Waals surface area contributed by atoms with Crippen LogP contribution in [-0.4, -0.2) is 16.0 Å². The minimum Gasteiger partial charge on any atom is -0.309 e. The summed E-state index contributed by atoms with van der Waals surface area (Å²) in [6.07, 6.45) is -1.28. The quantitative estimate of drug-likeness (QED) is 0.875. The van der Waals surface area contributed by atoms with Crippen LogP contribution in [-0.2, 0) is 12.7 Å². The molecule has 0 spiro atoms. The van der Waals surface area contributed by atoms with Crippen molar-refractivity contribution in [1.82, 2.24) is 15.3 Å². The van der Waals surface area contributed by atoms with Gasteiger partial charge in [0, 0.05) is 18.8 Å². The molecule has 1 saturated carbocycles. The summed E-state index contributed by atoms with van der Waals surface area (Å²) >= 11 is 0.827. The van der Waals surface area contributed by atoms with Gasteiger partial charge in [0.1, 0.15) is 10.7 Å². The molecule has 0 aromatic carbocycles. The first-order valence-electron chi connectivity index (χ1n) is 6.36. The maximum Gasteiger partial charge on any atom is 0.434 e. The average Bonchev–Trinajstić information content (AvgIpc) is 3.14. The van der Waals surface area contributed by atoms with Crippen molar-refractivity contribution in [2.24, 2.45) is 0 Å². The number of nitrogens with zero attached hydrogens (tertiary/aromatic N) is 2. The van der Waals surface area contributed by atoms with Crippen LogP contribution in [0.4, 0.5) is 17.6 Å². The van der Waals surface area contributed by atoms with Gasteiger partial charge in [-0.2, -0.15) is 13.2 Å². The van der Waals surface area contributed by atoms with E-state index >= 15 is 0 Å². The van der Waals surface area contributed by atoms with Gasteiger partial charge in [-0.25, -0.2) is 9.37 Å². The molecule has 0 unspecified atom stereocenters. The predicted molar refractivity (Wildman–Crippen MR) is 70.2 cm³/mol.